The standard InChI is InChI=1S/C13H15N3O/c17-13(6-3-7-13)9-14-12-8-15-16-11-5-2-1-4-10(11)12/h1-2,4-5,8,17H,3,6-7,9H2,(H,14,16). The number of rotatable bonds is 3. The summed E-state index contributed by atoms with van der Waals surface area (Å²) in [7, 11) is 0. The van der Waals surface area contributed by atoms with Gasteiger partial charge in [0.25, 0.3) is 0 Å². The molecule has 1 aromatic heterocycles. The van der Waals surface area contributed by atoms with Gasteiger partial charge in [-0.3, -0.25) is 0 Å². The lowest BCUT2D eigenvalue weighted by atomic mass is 9.80. The Morgan fingerprint density at radius 3 is 2.88 bits per heavy atom. The summed E-state index contributed by atoms with van der Waals surface area (Å²) in [5.41, 5.74) is 1.29. The summed E-state index contributed by atoms with van der Waals surface area (Å²) in [4.78, 5) is 0. The molecule has 0 radical (unpaired) electrons. The number of nitrogens with zero attached hydrogens (tertiary/aromatic N) is 2. The minimum atomic E-state index is -0.523. The molecule has 4 heteroatoms. The van der Waals surface area contributed by atoms with E-state index in [1.807, 2.05) is 24.3 Å². The Kier molecular flexibility index (Phi) is 2.44. The predicted octanol–water partition coefficient (Wildman–Crippen LogP) is 1.96. The lowest BCUT2D eigenvalue weighted by Gasteiger charge is -2.36. The third kappa shape index (κ3) is 1.96. The lowest BCUT2D eigenvalue weighted by molar-refractivity contribution is -0.0201. The Balaban J connectivity index is 1.85. The first-order valence-corrected chi connectivity index (χ1v) is 5.94. The second kappa shape index (κ2) is 3.96. The summed E-state index contributed by atoms with van der Waals surface area (Å²) in [6.07, 6.45) is 4.60. The van der Waals surface area contributed by atoms with Gasteiger partial charge < -0.3 is 10.4 Å². The fourth-order valence-corrected chi connectivity index (χ4v) is 2.17. The van der Waals surface area contributed by atoms with E-state index in [-0.39, 0.29) is 0 Å². The fourth-order valence-electron chi connectivity index (χ4n) is 2.17. The number of fused-ring (bicyclic) bond motifs is 1. The molecule has 0 saturated heterocycles. The van der Waals surface area contributed by atoms with Crippen LogP contribution in [0.5, 0.6) is 0 Å². The van der Waals surface area contributed by atoms with E-state index < -0.39 is 5.60 Å². The van der Waals surface area contributed by atoms with Crippen LogP contribution < -0.4 is 5.32 Å². The van der Waals surface area contributed by atoms with Crippen molar-refractivity contribution in [2.75, 3.05) is 11.9 Å². The molecule has 1 aromatic carbocycles. The van der Waals surface area contributed by atoms with Crippen LogP contribution in [-0.4, -0.2) is 27.4 Å². The van der Waals surface area contributed by atoms with Gasteiger partial charge in [0.1, 0.15) is 0 Å². The van der Waals surface area contributed by atoms with E-state index in [2.05, 4.69) is 15.5 Å². The molecule has 1 heterocycles. The van der Waals surface area contributed by atoms with Gasteiger partial charge in [-0.15, -0.1) is 0 Å². The van der Waals surface area contributed by atoms with Crippen molar-refractivity contribution in [3.05, 3.63) is 30.5 Å². The fraction of sp³-hybridized carbons (Fsp3) is 0.385. The number of aromatic nitrogens is 2. The van der Waals surface area contributed by atoms with Crippen molar-refractivity contribution in [2.45, 2.75) is 24.9 Å². The summed E-state index contributed by atoms with van der Waals surface area (Å²) < 4.78 is 0. The number of aliphatic hydroxyl groups is 1. The Morgan fingerprint density at radius 2 is 2.12 bits per heavy atom. The highest BCUT2D eigenvalue weighted by Crippen LogP contribution is 2.32. The van der Waals surface area contributed by atoms with Crippen LogP contribution in [0.2, 0.25) is 0 Å². The molecule has 1 fully saturated rings. The molecule has 0 amide bonds. The average molecular weight is 229 g/mol. The molecule has 88 valence electrons. The van der Waals surface area contributed by atoms with E-state index in [1.54, 1.807) is 6.20 Å². The second-order valence-corrected chi connectivity index (χ2v) is 4.71. The largest absolute Gasteiger partial charge is 0.388 e. The first-order chi connectivity index (χ1) is 8.27. The van der Waals surface area contributed by atoms with Crippen molar-refractivity contribution in [3.8, 4) is 0 Å². The summed E-state index contributed by atoms with van der Waals surface area (Å²) >= 11 is 0. The van der Waals surface area contributed by atoms with Crippen LogP contribution in [0.15, 0.2) is 30.5 Å². The van der Waals surface area contributed by atoms with Crippen LogP contribution in [0.4, 0.5) is 5.69 Å². The second-order valence-electron chi connectivity index (χ2n) is 4.71. The average Bonchev–Trinajstić information content (AvgIpc) is 2.34. The maximum Gasteiger partial charge on any atom is 0.0950 e. The maximum atomic E-state index is 10.0. The highest BCUT2D eigenvalue weighted by molar-refractivity contribution is 5.90. The molecule has 2 aromatic rings. The molecular weight excluding hydrogens is 214 g/mol. The third-order valence-electron chi connectivity index (χ3n) is 3.44. The van der Waals surface area contributed by atoms with Crippen LogP contribution in [0.1, 0.15) is 19.3 Å². The first-order valence-electron chi connectivity index (χ1n) is 5.94. The summed E-state index contributed by atoms with van der Waals surface area (Å²) in [6.45, 7) is 0.586. The topological polar surface area (TPSA) is 58.0 Å². The third-order valence-corrected chi connectivity index (χ3v) is 3.44. The molecule has 0 unspecified atom stereocenters. The number of benzene rings is 1. The summed E-state index contributed by atoms with van der Waals surface area (Å²) in [5.74, 6) is 0. The van der Waals surface area contributed by atoms with Gasteiger partial charge in [0.2, 0.25) is 0 Å². The van der Waals surface area contributed by atoms with Crippen molar-refractivity contribution >= 4 is 16.6 Å². The number of anilines is 1. The Labute approximate surface area is 99.7 Å². The van der Waals surface area contributed by atoms with Crippen molar-refractivity contribution in [1.29, 1.82) is 0 Å². The van der Waals surface area contributed by atoms with Gasteiger partial charge in [0.05, 0.1) is 23.0 Å². The highest BCUT2D eigenvalue weighted by atomic mass is 16.3. The molecule has 2 N–H and O–H groups in total. The van der Waals surface area contributed by atoms with Crippen LogP contribution in [0.3, 0.4) is 0 Å². The molecule has 1 aliphatic carbocycles. The van der Waals surface area contributed by atoms with Gasteiger partial charge in [0.15, 0.2) is 0 Å². The van der Waals surface area contributed by atoms with E-state index in [0.29, 0.717) is 6.54 Å². The quantitative estimate of drug-likeness (QED) is 0.844. The van der Waals surface area contributed by atoms with Crippen molar-refractivity contribution in [1.82, 2.24) is 10.2 Å². The van der Waals surface area contributed by atoms with Gasteiger partial charge in [-0.05, 0) is 25.3 Å². The van der Waals surface area contributed by atoms with Crippen molar-refractivity contribution in [3.63, 3.8) is 0 Å². The van der Waals surface area contributed by atoms with E-state index >= 15 is 0 Å². The van der Waals surface area contributed by atoms with Crippen molar-refractivity contribution in [2.24, 2.45) is 0 Å². The maximum absolute atomic E-state index is 10.0. The van der Waals surface area contributed by atoms with Gasteiger partial charge in [-0.2, -0.15) is 10.2 Å². The van der Waals surface area contributed by atoms with E-state index in [4.69, 9.17) is 0 Å². The molecule has 4 nitrogen and oxygen atoms in total. The normalized spacial score (nSPS) is 17.7. The molecule has 0 spiro atoms. The van der Waals surface area contributed by atoms with E-state index in [0.717, 1.165) is 35.9 Å². The number of hydrogen-bond acceptors (Lipinski definition) is 4. The summed E-state index contributed by atoms with van der Waals surface area (Å²) in [5, 5.41) is 22.4. The zero-order valence-electron chi connectivity index (χ0n) is 9.56. The van der Waals surface area contributed by atoms with Gasteiger partial charge in [-0.1, -0.05) is 18.2 Å². The van der Waals surface area contributed by atoms with Crippen molar-refractivity contribution < 1.29 is 5.11 Å². The van der Waals surface area contributed by atoms with E-state index in [1.165, 1.54) is 0 Å². The zero-order valence-corrected chi connectivity index (χ0v) is 9.56. The van der Waals surface area contributed by atoms with Crippen LogP contribution in [0, 0.1) is 0 Å². The van der Waals surface area contributed by atoms with Gasteiger partial charge in [-0.25, -0.2) is 0 Å². The molecule has 0 aliphatic heterocycles. The van der Waals surface area contributed by atoms with Crippen LogP contribution in [-0.2, 0) is 0 Å². The smallest absolute Gasteiger partial charge is 0.0950 e. The minimum Gasteiger partial charge on any atom is -0.388 e. The van der Waals surface area contributed by atoms with Gasteiger partial charge >= 0.3 is 0 Å². The number of nitrogens with one attached hydrogen (secondary N) is 1. The van der Waals surface area contributed by atoms with Gasteiger partial charge in [0, 0.05) is 11.9 Å². The Hall–Kier alpha value is -1.68. The highest BCUT2D eigenvalue weighted by Gasteiger charge is 2.33. The van der Waals surface area contributed by atoms with Crippen LogP contribution in [0.25, 0.3) is 10.9 Å². The SMILES string of the molecule is OC1(CNc2cnnc3ccccc23)CCC1. The number of hydrogen-bond donors (Lipinski definition) is 2. The van der Waals surface area contributed by atoms with Crippen LogP contribution >= 0.6 is 0 Å². The molecule has 3 rings (SSSR count). The summed E-state index contributed by atoms with van der Waals surface area (Å²) in [6, 6.07) is 7.87. The predicted molar refractivity (Wildman–Crippen MR) is 66.8 cm³/mol. The first kappa shape index (κ1) is 10.5. The molecule has 1 saturated carbocycles. The molecule has 0 bridgehead atoms. The molecule has 1 aliphatic rings. The minimum absolute atomic E-state index is 0.523. The molecule has 17 heavy (non-hydrogen) atoms. The monoisotopic (exact) mass is 229 g/mol. The Bertz CT molecular complexity index is 532. The lowest BCUT2D eigenvalue weighted by Crippen LogP contribution is -2.43. The Morgan fingerprint density at radius 1 is 1.29 bits per heavy atom. The zero-order chi connectivity index (χ0) is 11.7. The molecule has 0 atom stereocenters. The van der Waals surface area contributed by atoms with E-state index in [9.17, 15) is 5.11 Å². The molecular formula is C13H15N3O.